The molecule has 0 spiro atoms. The second-order valence-corrected chi connectivity index (χ2v) is 3.25. The third-order valence-electron chi connectivity index (χ3n) is 2.12. The van der Waals surface area contributed by atoms with Gasteiger partial charge in [-0.25, -0.2) is 4.98 Å². The van der Waals surface area contributed by atoms with Crippen LogP contribution >= 0.6 is 0 Å². The lowest BCUT2D eigenvalue weighted by Gasteiger charge is -2.01. The number of nitrogens with zero attached hydrogens (tertiary/aromatic N) is 1. The summed E-state index contributed by atoms with van der Waals surface area (Å²) in [6.07, 6.45) is 0.515. The third-order valence-corrected chi connectivity index (χ3v) is 2.12. The highest BCUT2D eigenvalue weighted by Crippen LogP contribution is 2.14. The fourth-order valence-corrected chi connectivity index (χ4v) is 1.43. The first-order chi connectivity index (χ1) is 7.20. The number of nitrogens with one attached hydrogen (secondary N) is 1. The molecule has 0 fully saturated rings. The molecule has 5 nitrogen and oxygen atoms in total. The highest BCUT2D eigenvalue weighted by molar-refractivity contribution is 5.78. The van der Waals surface area contributed by atoms with Gasteiger partial charge in [-0.05, 0) is 18.7 Å². The molecule has 4 N–H and O–H groups in total. The smallest absolute Gasteiger partial charge is 0.258 e. The van der Waals surface area contributed by atoms with Gasteiger partial charge in [0.05, 0.1) is 10.9 Å². The number of aromatic nitrogens is 2. The van der Waals surface area contributed by atoms with Gasteiger partial charge >= 0.3 is 0 Å². The lowest BCUT2D eigenvalue weighted by atomic mass is 10.2. The van der Waals surface area contributed by atoms with Crippen molar-refractivity contribution in [1.29, 1.82) is 0 Å². The molecule has 1 aromatic heterocycles. The van der Waals surface area contributed by atoms with Crippen molar-refractivity contribution < 1.29 is 5.11 Å². The van der Waals surface area contributed by atoms with Crippen LogP contribution in [-0.4, -0.2) is 21.6 Å². The maximum Gasteiger partial charge on any atom is 0.258 e. The van der Waals surface area contributed by atoms with E-state index in [1.54, 1.807) is 6.07 Å². The van der Waals surface area contributed by atoms with E-state index >= 15 is 0 Å². The number of rotatable bonds is 2. The first-order valence-electron chi connectivity index (χ1n) is 4.62. The zero-order valence-corrected chi connectivity index (χ0v) is 8.03. The van der Waals surface area contributed by atoms with E-state index in [1.807, 2.05) is 0 Å². The first-order valence-corrected chi connectivity index (χ1v) is 4.62. The zero-order valence-electron chi connectivity index (χ0n) is 8.03. The minimum Gasteiger partial charge on any atom is -0.508 e. The zero-order chi connectivity index (χ0) is 10.8. The van der Waals surface area contributed by atoms with E-state index < -0.39 is 0 Å². The quantitative estimate of drug-likeness (QED) is 0.649. The summed E-state index contributed by atoms with van der Waals surface area (Å²) in [7, 11) is 0. The lowest BCUT2D eigenvalue weighted by molar-refractivity contribution is 0.476. The van der Waals surface area contributed by atoms with E-state index in [-0.39, 0.29) is 11.3 Å². The van der Waals surface area contributed by atoms with Crippen LogP contribution in [0.5, 0.6) is 5.75 Å². The SMILES string of the molecule is NCCc1nc2cc(O)ccc2c(=O)[nH]1. The maximum absolute atomic E-state index is 11.6. The largest absolute Gasteiger partial charge is 0.508 e. The van der Waals surface area contributed by atoms with E-state index in [2.05, 4.69) is 9.97 Å². The molecule has 0 saturated carbocycles. The van der Waals surface area contributed by atoms with Gasteiger partial charge in [-0.15, -0.1) is 0 Å². The second kappa shape index (κ2) is 3.70. The molecule has 15 heavy (non-hydrogen) atoms. The number of H-pyrrole nitrogens is 1. The Morgan fingerprint density at radius 3 is 3.00 bits per heavy atom. The van der Waals surface area contributed by atoms with Crippen LogP contribution in [0.25, 0.3) is 10.9 Å². The molecule has 0 unspecified atom stereocenters. The van der Waals surface area contributed by atoms with Crippen molar-refractivity contribution in [1.82, 2.24) is 9.97 Å². The van der Waals surface area contributed by atoms with Crippen molar-refractivity contribution in [2.45, 2.75) is 6.42 Å². The summed E-state index contributed by atoms with van der Waals surface area (Å²) >= 11 is 0. The maximum atomic E-state index is 11.6. The van der Waals surface area contributed by atoms with Crippen molar-refractivity contribution in [3.8, 4) is 5.75 Å². The molecule has 2 rings (SSSR count). The number of hydrogen-bond acceptors (Lipinski definition) is 4. The average Bonchev–Trinajstić information content (AvgIpc) is 2.17. The molecule has 0 aliphatic rings. The monoisotopic (exact) mass is 205 g/mol. The Kier molecular flexibility index (Phi) is 2.39. The number of phenols is 1. The molecule has 78 valence electrons. The van der Waals surface area contributed by atoms with E-state index in [4.69, 9.17) is 5.73 Å². The Balaban J connectivity index is 2.68. The van der Waals surface area contributed by atoms with Crippen LogP contribution in [0.3, 0.4) is 0 Å². The van der Waals surface area contributed by atoms with Crippen LogP contribution < -0.4 is 11.3 Å². The molecule has 0 bridgehead atoms. The minimum atomic E-state index is -0.205. The van der Waals surface area contributed by atoms with Crippen molar-refractivity contribution in [3.63, 3.8) is 0 Å². The number of aromatic hydroxyl groups is 1. The number of phenolic OH excluding ortho intramolecular Hbond substituents is 1. The van der Waals surface area contributed by atoms with Crippen LogP contribution in [0.15, 0.2) is 23.0 Å². The number of benzene rings is 1. The summed E-state index contributed by atoms with van der Waals surface area (Å²) in [6, 6.07) is 4.47. The van der Waals surface area contributed by atoms with Gasteiger partial charge in [0.15, 0.2) is 0 Å². The Morgan fingerprint density at radius 2 is 2.27 bits per heavy atom. The van der Waals surface area contributed by atoms with Crippen molar-refractivity contribution in [3.05, 3.63) is 34.4 Å². The summed E-state index contributed by atoms with van der Waals surface area (Å²) < 4.78 is 0. The average molecular weight is 205 g/mol. The Bertz CT molecular complexity index is 548. The summed E-state index contributed by atoms with van der Waals surface area (Å²) in [5.41, 5.74) is 5.66. The van der Waals surface area contributed by atoms with Crippen LogP contribution in [0.4, 0.5) is 0 Å². The molecule has 0 aliphatic carbocycles. The molecule has 5 heteroatoms. The van der Waals surface area contributed by atoms with Gasteiger partial charge in [0.1, 0.15) is 11.6 Å². The van der Waals surface area contributed by atoms with Gasteiger partial charge in [-0.3, -0.25) is 4.79 Å². The molecule has 1 aromatic carbocycles. The van der Waals surface area contributed by atoms with Crippen molar-refractivity contribution >= 4 is 10.9 Å². The third kappa shape index (κ3) is 1.82. The minimum absolute atomic E-state index is 0.0966. The van der Waals surface area contributed by atoms with Gasteiger partial charge < -0.3 is 15.8 Å². The molecule has 0 atom stereocenters. The summed E-state index contributed by atoms with van der Waals surface area (Å²) in [6.45, 7) is 0.424. The Morgan fingerprint density at radius 1 is 1.47 bits per heavy atom. The van der Waals surface area contributed by atoms with Crippen molar-refractivity contribution in [2.24, 2.45) is 5.73 Å². The Hall–Kier alpha value is -1.88. The molecule has 0 aliphatic heterocycles. The summed E-state index contributed by atoms with van der Waals surface area (Å²) in [5.74, 6) is 0.639. The van der Waals surface area contributed by atoms with Crippen molar-refractivity contribution in [2.75, 3.05) is 6.54 Å². The fraction of sp³-hybridized carbons (Fsp3) is 0.200. The molecule has 1 heterocycles. The van der Waals surface area contributed by atoms with Crippen LogP contribution in [-0.2, 0) is 6.42 Å². The number of fused-ring (bicyclic) bond motifs is 1. The van der Waals surface area contributed by atoms with E-state index in [0.29, 0.717) is 29.7 Å². The predicted octanol–water partition coefficient (Wildman–Crippen LogP) is 0.130. The normalized spacial score (nSPS) is 10.7. The molecule has 0 radical (unpaired) electrons. The highest BCUT2D eigenvalue weighted by Gasteiger charge is 2.03. The van der Waals surface area contributed by atoms with Crippen LogP contribution in [0.2, 0.25) is 0 Å². The molecule has 2 aromatic rings. The Labute approximate surface area is 85.6 Å². The summed E-state index contributed by atoms with van der Waals surface area (Å²) in [4.78, 5) is 18.4. The van der Waals surface area contributed by atoms with Crippen LogP contribution in [0.1, 0.15) is 5.82 Å². The number of nitrogens with two attached hydrogens (primary N) is 1. The van der Waals surface area contributed by atoms with Gasteiger partial charge in [0, 0.05) is 12.5 Å². The van der Waals surface area contributed by atoms with E-state index in [1.165, 1.54) is 12.1 Å². The standard InChI is InChI=1S/C10H11N3O2/c11-4-3-9-12-8-5-6(14)1-2-7(8)10(15)13-9/h1-2,5,14H,3-4,11H2,(H,12,13,15). The predicted molar refractivity (Wildman–Crippen MR) is 56.8 cm³/mol. The number of hydrogen-bond donors (Lipinski definition) is 3. The molecular formula is C10H11N3O2. The second-order valence-electron chi connectivity index (χ2n) is 3.25. The van der Waals surface area contributed by atoms with E-state index in [0.717, 1.165) is 0 Å². The molecule has 0 amide bonds. The fourth-order valence-electron chi connectivity index (χ4n) is 1.43. The summed E-state index contributed by atoms with van der Waals surface area (Å²) in [5, 5.41) is 9.73. The van der Waals surface area contributed by atoms with Crippen LogP contribution in [0, 0.1) is 0 Å². The van der Waals surface area contributed by atoms with Gasteiger partial charge in [-0.1, -0.05) is 0 Å². The van der Waals surface area contributed by atoms with Gasteiger partial charge in [-0.2, -0.15) is 0 Å². The topological polar surface area (TPSA) is 92.0 Å². The van der Waals surface area contributed by atoms with Gasteiger partial charge in [0.2, 0.25) is 0 Å². The number of aromatic amines is 1. The molecular weight excluding hydrogens is 194 g/mol. The van der Waals surface area contributed by atoms with Gasteiger partial charge in [0.25, 0.3) is 5.56 Å². The lowest BCUT2D eigenvalue weighted by Crippen LogP contribution is -2.14. The highest BCUT2D eigenvalue weighted by atomic mass is 16.3. The molecule has 0 saturated heterocycles. The first kappa shape index (κ1) is 9.67. The van der Waals surface area contributed by atoms with E-state index in [9.17, 15) is 9.90 Å².